The Morgan fingerprint density at radius 3 is 0.887 bits per heavy atom. The van der Waals surface area contributed by atoms with Crippen LogP contribution in [0.4, 0.5) is 8.78 Å². The van der Waals surface area contributed by atoms with Crippen LogP contribution in [0.25, 0.3) is 31.9 Å². The van der Waals surface area contributed by atoms with Crippen LogP contribution in [-0.2, 0) is 12.8 Å². The summed E-state index contributed by atoms with van der Waals surface area (Å²) in [6.07, 6.45) is 55.1. The number of hydrogen-bond donors (Lipinski definition) is 1. The first-order valence-corrected chi connectivity index (χ1v) is 33.3. The maximum Gasteiger partial charge on any atom is 0.170 e. The Balaban J connectivity index is 1.44. The summed E-state index contributed by atoms with van der Waals surface area (Å²) in [7, 11) is 0. The summed E-state index contributed by atoms with van der Waals surface area (Å²) in [6.45, 7) is 9.15. The van der Waals surface area contributed by atoms with E-state index in [0.717, 1.165) is 20.4 Å². The van der Waals surface area contributed by atoms with Crippen molar-refractivity contribution in [1.82, 2.24) is 15.4 Å². The minimum atomic E-state index is -0.831. The van der Waals surface area contributed by atoms with Crippen molar-refractivity contribution in [3.8, 4) is 20.9 Å². The average molecular weight is 1150 g/mol. The van der Waals surface area contributed by atoms with Gasteiger partial charge in [-0.25, -0.2) is 8.78 Å². The van der Waals surface area contributed by atoms with E-state index < -0.39 is 11.6 Å². The third-order valence-electron chi connectivity index (χ3n) is 15.5. The number of thiophene rings is 2. The van der Waals surface area contributed by atoms with Crippen molar-refractivity contribution in [3.63, 3.8) is 0 Å². The summed E-state index contributed by atoms with van der Waals surface area (Å²) in [5, 5.41) is 11.8. The van der Waals surface area contributed by atoms with Gasteiger partial charge in [-0.2, -0.15) is 15.4 Å². The molecule has 3 heterocycles. The van der Waals surface area contributed by atoms with Crippen molar-refractivity contribution in [2.75, 3.05) is 0 Å². The smallest absolute Gasteiger partial charge is 0.170 e. The van der Waals surface area contributed by atoms with Gasteiger partial charge in [-0.05, 0) is 79.8 Å². The van der Waals surface area contributed by atoms with Crippen molar-refractivity contribution in [1.29, 1.82) is 0 Å². The van der Waals surface area contributed by atoms with Crippen LogP contribution in [0.3, 0.4) is 0 Å². The van der Waals surface area contributed by atoms with Gasteiger partial charge >= 0.3 is 0 Å². The first-order valence-electron chi connectivity index (χ1n) is 30.1. The van der Waals surface area contributed by atoms with Gasteiger partial charge in [0.15, 0.2) is 11.6 Å². The molecular weight excluding hydrogens is 1050 g/mol. The zero-order valence-electron chi connectivity index (χ0n) is 45.7. The molecular formula is C62H101Br2F2N3S2. The summed E-state index contributed by atoms with van der Waals surface area (Å²) in [6, 6.07) is 4.22. The number of nitrogens with zero attached hydrogens (tertiary/aromatic N) is 2. The molecule has 0 spiro atoms. The average Bonchev–Trinajstić information content (AvgIpc) is 4.09. The number of halogens is 4. The largest absolute Gasteiger partial charge is 0.203 e. The van der Waals surface area contributed by atoms with Gasteiger partial charge in [-0.3, -0.25) is 0 Å². The maximum atomic E-state index is 16.8. The molecule has 2 unspecified atom stereocenters. The van der Waals surface area contributed by atoms with Crippen LogP contribution in [0.1, 0.15) is 296 Å². The zero-order chi connectivity index (χ0) is 50.7. The molecule has 0 aliphatic carbocycles. The molecule has 4 rings (SSSR count). The van der Waals surface area contributed by atoms with E-state index in [-0.39, 0.29) is 11.1 Å². The lowest BCUT2D eigenvalue weighted by molar-refractivity contribution is 0.399. The lowest BCUT2D eigenvalue weighted by atomic mass is 9.89. The topological polar surface area (TPSA) is 41.6 Å². The van der Waals surface area contributed by atoms with Gasteiger partial charge in [-0.15, -0.1) is 22.7 Å². The Labute approximate surface area is 459 Å². The van der Waals surface area contributed by atoms with Crippen LogP contribution < -0.4 is 0 Å². The summed E-state index contributed by atoms with van der Waals surface area (Å²) < 4.78 is 35.6. The fraction of sp³-hybridized carbons (Fsp3) is 0.774. The highest BCUT2D eigenvalue weighted by Gasteiger charge is 2.28. The predicted octanol–water partition coefficient (Wildman–Crippen LogP) is 24.2. The number of benzene rings is 1. The van der Waals surface area contributed by atoms with Gasteiger partial charge in [0.1, 0.15) is 11.0 Å². The second kappa shape index (κ2) is 39.3. The second-order valence-electron chi connectivity index (χ2n) is 21.8. The Kier molecular flexibility index (Phi) is 34.5. The van der Waals surface area contributed by atoms with E-state index in [9.17, 15) is 0 Å². The third kappa shape index (κ3) is 24.2. The summed E-state index contributed by atoms with van der Waals surface area (Å²) in [5.74, 6) is -0.496. The van der Waals surface area contributed by atoms with E-state index in [1.54, 1.807) is 0 Å². The molecule has 2 atom stereocenters. The monoisotopic (exact) mass is 1150 g/mol. The molecule has 0 amide bonds. The Morgan fingerprint density at radius 1 is 0.394 bits per heavy atom. The number of hydrogen-bond acceptors (Lipinski definition) is 4. The van der Waals surface area contributed by atoms with Crippen molar-refractivity contribution in [2.45, 2.75) is 297 Å². The molecule has 0 fully saturated rings. The standard InChI is InChI=1S/C62H101Br2F2N3S2/c1-5-9-13-17-21-25-27-31-35-39-43-49(41-37-33-29-23-19-15-11-7-3)45-51-47-53(70-61(51)63)55-57(65)58(66)56(60-59(55)67-69-68-60)54-48-52(62(64)71-54)46-50(42-38-34-30-24-20-16-12-8-4)44-40-36-32-28-26-22-18-14-10-6-2/h47-50H,5-46H2,1-4H3,(H,67,68,69). The highest BCUT2D eigenvalue weighted by molar-refractivity contribution is 9.11. The number of H-pyrrole nitrogens is 1. The Hall–Kier alpha value is -1.16. The SMILES string of the molecule is CCCCCCCCCCCCC(CCCCCCCCCC)Cc1cc(-c2c(F)c(F)c(-c3cc(CC(CCCCCCCCCC)CCCCCCCCCCCC)c(Br)s3)c3n[nH]nc23)sc1Br. The predicted molar refractivity (Wildman–Crippen MR) is 318 cm³/mol. The lowest BCUT2D eigenvalue weighted by Gasteiger charge is -2.17. The number of unbranched alkanes of at least 4 members (excludes halogenated alkanes) is 32. The molecule has 404 valence electrons. The molecule has 3 nitrogen and oxygen atoms in total. The Morgan fingerprint density at radius 2 is 0.634 bits per heavy atom. The van der Waals surface area contributed by atoms with Crippen LogP contribution in [0.15, 0.2) is 19.7 Å². The van der Waals surface area contributed by atoms with Gasteiger partial charge < -0.3 is 0 Å². The van der Waals surface area contributed by atoms with Gasteiger partial charge in [0, 0.05) is 9.75 Å². The van der Waals surface area contributed by atoms with Crippen molar-refractivity contribution in [3.05, 3.63) is 42.5 Å². The summed E-state index contributed by atoms with van der Waals surface area (Å²) in [4.78, 5) is 1.42. The third-order valence-corrected chi connectivity index (χ3v) is 19.5. The van der Waals surface area contributed by atoms with Crippen molar-refractivity contribution in [2.24, 2.45) is 11.8 Å². The zero-order valence-corrected chi connectivity index (χ0v) is 50.5. The van der Waals surface area contributed by atoms with Gasteiger partial charge in [0.25, 0.3) is 0 Å². The molecule has 0 aliphatic heterocycles. The quantitative estimate of drug-likeness (QED) is 0.0448. The highest BCUT2D eigenvalue weighted by Crippen LogP contribution is 2.46. The van der Waals surface area contributed by atoms with E-state index in [0.29, 0.717) is 32.6 Å². The molecule has 1 aromatic carbocycles. The second-order valence-corrected chi connectivity index (χ2v) is 26.6. The van der Waals surface area contributed by atoms with Crippen molar-refractivity contribution >= 4 is 65.6 Å². The number of fused-ring (bicyclic) bond motifs is 1. The normalized spacial score (nSPS) is 12.8. The van der Waals surface area contributed by atoms with E-state index in [4.69, 9.17) is 0 Å². The summed E-state index contributed by atoms with van der Waals surface area (Å²) in [5.41, 5.74) is 3.65. The maximum absolute atomic E-state index is 16.8. The van der Waals surface area contributed by atoms with Crippen LogP contribution in [0.2, 0.25) is 0 Å². The van der Waals surface area contributed by atoms with E-state index >= 15 is 8.78 Å². The van der Waals surface area contributed by atoms with E-state index in [2.05, 4.69) is 87.1 Å². The highest BCUT2D eigenvalue weighted by atomic mass is 79.9. The molecule has 0 radical (unpaired) electrons. The fourth-order valence-corrected chi connectivity index (χ4v) is 14.6. The molecule has 3 aromatic heterocycles. The first kappa shape index (κ1) is 62.4. The van der Waals surface area contributed by atoms with Crippen LogP contribution in [-0.4, -0.2) is 15.4 Å². The molecule has 0 aliphatic rings. The number of nitrogens with one attached hydrogen (secondary N) is 1. The first-order chi connectivity index (χ1) is 34.8. The lowest BCUT2D eigenvalue weighted by Crippen LogP contribution is -2.05. The molecule has 0 saturated carbocycles. The minimum absolute atomic E-state index is 0.221. The van der Waals surface area contributed by atoms with E-state index in [1.807, 2.05) is 0 Å². The molecule has 71 heavy (non-hydrogen) atoms. The molecule has 4 aromatic rings. The van der Waals surface area contributed by atoms with Crippen LogP contribution in [0.5, 0.6) is 0 Å². The van der Waals surface area contributed by atoms with Gasteiger partial charge in [0.05, 0.1) is 18.7 Å². The van der Waals surface area contributed by atoms with Crippen molar-refractivity contribution < 1.29 is 8.78 Å². The van der Waals surface area contributed by atoms with Crippen LogP contribution in [0, 0.1) is 23.5 Å². The fourth-order valence-electron chi connectivity index (χ4n) is 11.1. The van der Waals surface area contributed by atoms with Crippen LogP contribution >= 0.6 is 54.5 Å². The number of aromatic nitrogens is 3. The number of aromatic amines is 1. The molecule has 9 heteroatoms. The van der Waals surface area contributed by atoms with Gasteiger partial charge in [-0.1, -0.05) is 285 Å². The summed E-state index contributed by atoms with van der Waals surface area (Å²) >= 11 is 10.8. The molecule has 0 bridgehead atoms. The molecule has 0 saturated heterocycles. The number of rotatable bonds is 46. The molecule has 1 N–H and O–H groups in total. The van der Waals surface area contributed by atoms with Gasteiger partial charge in [0.2, 0.25) is 0 Å². The Bertz CT molecular complexity index is 1800. The minimum Gasteiger partial charge on any atom is -0.203 e. The van der Waals surface area contributed by atoms with E-state index in [1.165, 1.54) is 291 Å².